The minimum atomic E-state index is -1.13. The molecular formula is C15H14I3NO7. The van der Waals surface area contributed by atoms with E-state index in [1.54, 1.807) is 0 Å². The Kier molecular flexibility index (Phi) is 9.49. The number of carbonyl (C=O) groups excluding carboxylic acids is 3. The Morgan fingerprint density at radius 2 is 1.73 bits per heavy atom. The van der Waals surface area contributed by atoms with Crippen LogP contribution in [-0.2, 0) is 19.1 Å². The largest absolute Gasteiger partial charge is 0.478 e. The first kappa shape index (κ1) is 23.3. The smallest absolute Gasteiger partial charge is 0.336 e. The van der Waals surface area contributed by atoms with E-state index < -0.39 is 29.9 Å². The second-order valence-electron chi connectivity index (χ2n) is 4.96. The first-order valence-corrected chi connectivity index (χ1v) is 10.3. The van der Waals surface area contributed by atoms with Crippen molar-refractivity contribution in [3.63, 3.8) is 0 Å². The number of amides is 1. The summed E-state index contributed by atoms with van der Waals surface area (Å²) in [6, 6.07) is 1.49. The second kappa shape index (κ2) is 10.6. The highest BCUT2D eigenvalue weighted by Crippen LogP contribution is 2.28. The number of hydrogen-bond acceptors (Lipinski definition) is 6. The van der Waals surface area contributed by atoms with Crippen LogP contribution in [0.1, 0.15) is 34.6 Å². The highest BCUT2D eigenvalue weighted by Gasteiger charge is 2.24. The molecule has 0 aromatic heterocycles. The molecule has 0 heterocycles. The van der Waals surface area contributed by atoms with Gasteiger partial charge < -0.3 is 19.9 Å². The van der Waals surface area contributed by atoms with Crippen LogP contribution in [0.5, 0.6) is 0 Å². The van der Waals surface area contributed by atoms with Gasteiger partial charge in [-0.25, -0.2) is 4.79 Å². The molecule has 0 aliphatic rings. The summed E-state index contributed by atoms with van der Waals surface area (Å²) in [6.45, 7) is 2.13. The molecule has 0 saturated carbocycles. The van der Waals surface area contributed by atoms with Crippen LogP contribution in [0.25, 0.3) is 0 Å². The third-order valence-corrected chi connectivity index (χ3v) is 7.03. The maximum absolute atomic E-state index is 12.6. The SMILES string of the molecule is CC(=O)OCC(CNC(=O)c1c(I)c(I)cc(C(=O)O)c1I)OC(C)=O. The third-order valence-electron chi connectivity index (χ3n) is 2.91. The number of hydrogen-bond donors (Lipinski definition) is 2. The van der Waals surface area contributed by atoms with E-state index in [0.29, 0.717) is 10.7 Å². The summed E-state index contributed by atoms with van der Waals surface area (Å²) < 4.78 is 11.4. The first-order valence-electron chi connectivity index (χ1n) is 7.04. The molecule has 1 aromatic rings. The van der Waals surface area contributed by atoms with Gasteiger partial charge in [-0.15, -0.1) is 0 Å². The lowest BCUT2D eigenvalue weighted by molar-refractivity contribution is -0.155. The minimum Gasteiger partial charge on any atom is -0.478 e. The van der Waals surface area contributed by atoms with Crippen molar-refractivity contribution in [2.24, 2.45) is 0 Å². The van der Waals surface area contributed by atoms with Gasteiger partial charge in [0.2, 0.25) is 0 Å². The van der Waals surface area contributed by atoms with Crippen LogP contribution < -0.4 is 5.32 Å². The lowest BCUT2D eigenvalue weighted by Crippen LogP contribution is -2.38. The van der Waals surface area contributed by atoms with Gasteiger partial charge in [0, 0.05) is 24.6 Å². The molecule has 0 saturated heterocycles. The van der Waals surface area contributed by atoms with Gasteiger partial charge >= 0.3 is 17.9 Å². The molecule has 0 bridgehead atoms. The Morgan fingerprint density at radius 1 is 1.12 bits per heavy atom. The summed E-state index contributed by atoms with van der Waals surface area (Å²) in [5.74, 6) is -2.77. The second-order valence-corrected chi connectivity index (χ2v) is 8.28. The predicted octanol–water partition coefficient (Wildman–Crippen LogP) is 2.42. The summed E-state index contributed by atoms with van der Waals surface area (Å²) in [6.07, 6.45) is -0.850. The number of nitrogens with one attached hydrogen (secondary N) is 1. The molecule has 0 radical (unpaired) electrons. The van der Waals surface area contributed by atoms with Crippen molar-refractivity contribution in [1.82, 2.24) is 5.32 Å². The number of esters is 2. The fraction of sp³-hybridized carbons (Fsp3) is 0.333. The zero-order chi connectivity index (χ0) is 20.0. The Balaban J connectivity index is 3.00. The molecule has 0 fully saturated rings. The van der Waals surface area contributed by atoms with Crippen LogP contribution in [0, 0.1) is 10.7 Å². The van der Waals surface area contributed by atoms with Gasteiger partial charge in [-0.05, 0) is 73.8 Å². The van der Waals surface area contributed by atoms with Crippen LogP contribution >= 0.6 is 67.8 Å². The lowest BCUT2D eigenvalue weighted by atomic mass is 10.1. The van der Waals surface area contributed by atoms with Crippen molar-refractivity contribution in [1.29, 1.82) is 0 Å². The summed E-state index contributed by atoms with van der Waals surface area (Å²) in [7, 11) is 0. The number of rotatable bonds is 7. The van der Waals surface area contributed by atoms with E-state index in [0.717, 1.165) is 0 Å². The van der Waals surface area contributed by atoms with Gasteiger partial charge in [-0.1, -0.05) is 0 Å². The summed E-state index contributed by atoms with van der Waals surface area (Å²) in [4.78, 5) is 46.0. The number of carboxylic acids is 1. The normalized spacial score (nSPS) is 11.4. The molecule has 0 spiro atoms. The molecule has 11 heteroatoms. The Bertz CT molecular complexity index is 751. The van der Waals surface area contributed by atoms with Crippen molar-refractivity contribution in [3.8, 4) is 0 Å². The number of halogens is 3. The van der Waals surface area contributed by atoms with Gasteiger partial charge in [0.25, 0.3) is 5.91 Å². The Hall–Kier alpha value is -0.710. The zero-order valence-corrected chi connectivity index (χ0v) is 20.1. The van der Waals surface area contributed by atoms with Crippen LogP contribution in [-0.4, -0.2) is 48.2 Å². The number of aromatic carboxylic acids is 1. The summed E-state index contributed by atoms with van der Waals surface area (Å²) >= 11 is 5.74. The Labute approximate surface area is 190 Å². The molecule has 0 aliphatic heterocycles. The maximum Gasteiger partial charge on any atom is 0.336 e. The van der Waals surface area contributed by atoms with E-state index in [9.17, 15) is 24.3 Å². The molecule has 26 heavy (non-hydrogen) atoms. The number of carboxylic acid groups (broad SMARTS) is 1. The lowest BCUT2D eigenvalue weighted by Gasteiger charge is -2.18. The fourth-order valence-corrected chi connectivity index (χ4v) is 4.50. The first-order chi connectivity index (χ1) is 12.0. The van der Waals surface area contributed by atoms with E-state index >= 15 is 0 Å². The fourth-order valence-electron chi connectivity index (χ4n) is 1.83. The van der Waals surface area contributed by atoms with E-state index in [4.69, 9.17) is 9.47 Å². The van der Waals surface area contributed by atoms with E-state index in [-0.39, 0.29) is 24.3 Å². The van der Waals surface area contributed by atoms with Gasteiger partial charge in [0.1, 0.15) is 6.61 Å². The summed E-state index contributed by atoms with van der Waals surface area (Å²) in [5, 5.41) is 11.9. The average molecular weight is 701 g/mol. The molecule has 1 atom stereocenters. The molecule has 142 valence electrons. The van der Waals surface area contributed by atoms with Crippen molar-refractivity contribution in [2.75, 3.05) is 13.2 Å². The van der Waals surface area contributed by atoms with Crippen molar-refractivity contribution >= 4 is 91.6 Å². The predicted molar refractivity (Wildman–Crippen MR) is 116 cm³/mol. The van der Waals surface area contributed by atoms with Gasteiger partial charge in [-0.2, -0.15) is 0 Å². The van der Waals surface area contributed by atoms with Crippen LogP contribution in [0.15, 0.2) is 6.07 Å². The standard InChI is InChI=1S/C15H14I3NO7/c1-6(20)25-5-8(26-7(2)21)4-19-14(22)11-12(17)9(15(23)24)3-10(16)13(11)18/h3,8H,4-5H2,1-2H3,(H,19,22)(H,23,24). The minimum absolute atomic E-state index is 0.0250. The molecule has 8 nitrogen and oxygen atoms in total. The molecular weight excluding hydrogens is 687 g/mol. The van der Waals surface area contributed by atoms with E-state index in [2.05, 4.69) is 5.32 Å². The topological polar surface area (TPSA) is 119 Å². The average Bonchev–Trinajstić information content (AvgIpc) is 2.52. The van der Waals surface area contributed by atoms with E-state index in [1.165, 1.54) is 19.9 Å². The molecule has 1 rings (SSSR count). The monoisotopic (exact) mass is 701 g/mol. The van der Waals surface area contributed by atoms with Crippen LogP contribution in [0.3, 0.4) is 0 Å². The van der Waals surface area contributed by atoms with Crippen LogP contribution in [0.2, 0.25) is 0 Å². The Morgan fingerprint density at radius 3 is 2.23 bits per heavy atom. The molecule has 0 aliphatic carbocycles. The molecule has 1 unspecified atom stereocenters. The van der Waals surface area contributed by atoms with Crippen molar-refractivity contribution < 1.29 is 33.8 Å². The van der Waals surface area contributed by atoms with Crippen molar-refractivity contribution in [2.45, 2.75) is 20.0 Å². The molecule has 1 amide bonds. The number of carbonyl (C=O) groups is 4. The number of ether oxygens (including phenoxy) is 2. The number of benzene rings is 1. The van der Waals surface area contributed by atoms with Gasteiger partial charge in [0.15, 0.2) is 6.10 Å². The summed E-state index contributed by atoms with van der Waals surface area (Å²) in [5.41, 5.74) is 0.251. The molecule has 1 aromatic carbocycles. The third kappa shape index (κ3) is 6.79. The maximum atomic E-state index is 12.6. The van der Waals surface area contributed by atoms with E-state index in [1.807, 2.05) is 67.8 Å². The van der Waals surface area contributed by atoms with Gasteiger partial charge in [0.05, 0.1) is 17.7 Å². The zero-order valence-electron chi connectivity index (χ0n) is 13.6. The van der Waals surface area contributed by atoms with Crippen LogP contribution in [0.4, 0.5) is 0 Å². The van der Waals surface area contributed by atoms with Gasteiger partial charge in [-0.3, -0.25) is 14.4 Å². The highest BCUT2D eigenvalue weighted by molar-refractivity contribution is 14.1. The molecule has 2 N–H and O–H groups in total. The highest BCUT2D eigenvalue weighted by atomic mass is 127. The quantitative estimate of drug-likeness (QED) is 0.255. The van der Waals surface area contributed by atoms with Crippen molar-refractivity contribution in [3.05, 3.63) is 27.9 Å².